The standard InChI is InChI=1S/C19H22Cl3N3O3.ClH/c1-12(26)25-18-6-5-14(9-17(18)22)28-11-13(27)10-23-7-8-24-19-15(20)3-2-4-16(19)21;/h2-6,9,13,23-24,27H,7-8,10-11H2,1H3,(H,25,26);1H. The Morgan fingerprint density at radius 1 is 1.17 bits per heavy atom. The Hall–Kier alpha value is -1.25. The molecular weight excluding hydrogens is 460 g/mol. The molecule has 160 valence electrons. The SMILES string of the molecule is CC(=O)Nc1ccc(OCC(O)CNCC[NH2+]c2c(Cl)cccc2Cl)cc1Cl.[Cl-]. The Balaban J connectivity index is 0.00000420. The van der Waals surface area contributed by atoms with Crippen LogP contribution in [0.1, 0.15) is 6.92 Å². The Labute approximate surface area is 191 Å². The molecule has 5 N–H and O–H groups in total. The summed E-state index contributed by atoms with van der Waals surface area (Å²) < 4.78 is 5.54. The zero-order chi connectivity index (χ0) is 20.5. The van der Waals surface area contributed by atoms with Crippen molar-refractivity contribution in [3.05, 3.63) is 51.5 Å². The minimum absolute atomic E-state index is 0. The van der Waals surface area contributed by atoms with Gasteiger partial charge < -0.3 is 38.2 Å². The molecule has 0 aliphatic rings. The maximum atomic E-state index is 11.1. The van der Waals surface area contributed by atoms with Gasteiger partial charge in [0.2, 0.25) is 5.91 Å². The predicted molar refractivity (Wildman–Crippen MR) is 113 cm³/mol. The average Bonchev–Trinajstić information content (AvgIpc) is 2.63. The van der Waals surface area contributed by atoms with Gasteiger partial charge in [0.1, 0.15) is 28.5 Å². The van der Waals surface area contributed by atoms with Crippen LogP contribution in [0.15, 0.2) is 36.4 Å². The van der Waals surface area contributed by atoms with Crippen LogP contribution in [-0.4, -0.2) is 43.4 Å². The Morgan fingerprint density at radius 3 is 2.48 bits per heavy atom. The molecule has 2 aromatic rings. The lowest BCUT2D eigenvalue weighted by molar-refractivity contribution is -0.569. The van der Waals surface area contributed by atoms with E-state index in [1.165, 1.54) is 6.92 Å². The number of anilines is 1. The van der Waals surface area contributed by atoms with Crippen molar-refractivity contribution in [3.63, 3.8) is 0 Å². The number of hydrogen-bond acceptors (Lipinski definition) is 4. The van der Waals surface area contributed by atoms with Crippen LogP contribution in [0.2, 0.25) is 15.1 Å². The molecule has 0 aromatic heterocycles. The second-order valence-corrected chi connectivity index (χ2v) is 7.34. The van der Waals surface area contributed by atoms with Gasteiger partial charge in [0.15, 0.2) is 5.69 Å². The lowest BCUT2D eigenvalue weighted by Gasteiger charge is -2.14. The van der Waals surface area contributed by atoms with E-state index in [9.17, 15) is 9.90 Å². The second kappa shape index (κ2) is 13.1. The van der Waals surface area contributed by atoms with E-state index in [-0.39, 0.29) is 24.9 Å². The number of halogens is 4. The molecule has 0 fully saturated rings. The molecular formula is C19H23Cl4N3O3. The third kappa shape index (κ3) is 8.97. The van der Waals surface area contributed by atoms with Crippen molar-refractivity contribution in [2.75, 3.05) is 31.6 Å². The van der Waals surface area contributed by atoms with Crippen LogP contribution in [0, 0.1) is 0 Å². The molecule has 0 heterocycles. The van der Waals surface area contributed by atoms with E-state index in [2.05, 4.69) is 10.6 Å². The van der Waals surface area contributed by atoms with E-state index in [0.29, 0.717) is 39.6 Å². The molecule has 0 saturated carbocycles. The molecule has 2 aromatic carbocycles. The number of nitrogens with one attached hydrogen (secondary N) is 2. The number of carbonyl (C=O) groups is 1. The van der Waals surface area contributed by atoms with E-state index < -0.39 is 6.10 Å². The second-order valence-electron chi connectivity index (χ2n) is 6.12. The molecule has 0 saturated heterocycles. The highest BCUT2D eigenvalue weighted by Crippen LogP contribution is 2.27. The number of ether oxygens (including phenoxy) is 1. The Morgan fingerprint density at radius 2 is 1.86 bits per heavy atom. The number of hydrogen-bond donors (Lipinski definition) is 4. The van der Waals surface area contributed by atoms with Gasteiger partial charge in [0, 0.05) is 26.1 Å². The molecule has 0 aliphatic carbocycles. The van der Waals surface area contributed by atoms with Gasteiger partial charge in [0.25, 0.3) is 0 Å². The number of quaternary nitrogens is 1. The number of rotatable bonds is 10. The summed E-state index contributed by atoms with van der Waals surface area (Å²) in [4.78, 5) is 11.1. The molecule has 1 unspecified atom stereocenters. The molecule has 0 aliphatic heterocycles. The van der Waals surface area contributed by atoms with Crippen LogP contribution < -0.4 is 33.1 Å². The van der Waals surface area contributed by atoms with E-state index in [1.54, 1.807) is 36.4 Å². The van der Waals surface area contributed by atoms with Gasteiger partial charge in [-0.3, -0.25) is 4.79 Å². The van der Waals surface area contributed by atoms with Crippen molar-refractivity contribution in [2.24, 2.45) is 0 Å². The minimum atomic E-state index is -0.683. The average molecular weight is 483 g/mol. The van der Waals surface area contributed by atoms with Crippen LogP contribution in [0.5, 0.6) is 5.75 Å². The maximum absolute atomic E-state index is 11.1. The van der Waals surface area contributed by atoms with Gasteiger partial charge in [0.05, 0.1) is 17.3 Å². The van der Waals surface area contributed by atoms with E-state index in [0.717, 1.165) is 12.2 Å². The highest BCUT2D eigenvalue weighted by atomic mass is 35.5. The summed E-state index contributed by atoms with van der Waals surface area (Å²) in [5.74, 6) is 0.311. The van der Waals surface area contributed by atoms with Crippen molar-refractivity contribution < 1.29 is 32.4 Å². The smallest absolute Gasteiger partial charge is 0.221 e. The van der Waals surface area contributed by atoms with Gasteiger partial charge >= 0.3 is 0 Å². The van der Waals surface area contributed by atoms with Crippen LogP contribution in [0.25, 0.3) is 0 Å². The third-order valence-corrected chi connectivity index (χ3v) is 4.71. The number of para-hydroxylation sites is 1. The fourth-order valence-corrected chi connectivity index (χ4v) is 3.19. The molecule has 1 amide bonds. The summed E-state index contributed by atoms with van der Waals surface area (Å²) in [5.41, 5.74) is 1.33. The highest BCUT2D eigenvalue weighted by Gasteiger charge is 2.10. The number of aliphatic hydroxyl groups excluding tert-OH is 1. The van der Waals surface area contributed by atoms with Crippen molar-refractivity contribution in [3.8, 4) is 5.75 Å². The van der Waals surface area contributed by atoms with Gasteiger partial charge in [-0.05, 0) is 24.3 Å². The summed E-state index contributed by atoms with van der Waals surface area (Å²) in [6.45, 7) is 3.28. The van der Waals surface area contributed by atoms with Gasteiger partial charge in [-0.15, -0.1) is 0 Å². The normalized spacial score (nSPS) is 11.5. The van der Waals surface area contributed by atoms with Crippen molar-refractivity contribution in [1.82, 2.24) is 5.32 Å². The van der Waals surface area contributed by atoms with E-state index in [4.69, 9.17) is 39.5 Å². The van der Waals surface area contributed by atoms with Crippen molar-refractivity contribution in [2.45, 2.75) is 13.0 Å². The summed E-state index contributed by atoms with van der Waals surface area (Å²) in [6, 6.07) is 10.3. The number of amides is 1. The molecule has 29 heavy (non-hydrogen) atoms. The fraction of sp³-hybridized carbons (Fsp3) is 0.316. The minimum Gasteiger partial charge on any atom is -1.00 e. The van der Waals surface area contributed by atoms with Crippen molar-refractivity contribution >= 4 is 52.1 Å². The summed E-state index contributed by atoms with van der Waals surface area (Å²) >= 11 is 18.3. The largest absolute Gasteiger partial charge is 1.00 e. The summed E-state index contributed by atoms with van der Waals surface area (Å²) in [6.07, 6.45) is -0.683. The monoisotopic (exact) mass is 481 g/mol. The van der Waals surface area contributed by atoms with Gasteiger partial charge in [-0.1, -0.05) is 40.9 Å². The topological polar surface area (TPSA) is 87.2 Å². The zero-order valence-electron chi connectivity index (χ0n) is 15.7. The van der Waals surface area contributed by atoms with E-state index in [1.807, 2.05) is 5.32 Å². The highest BCUT2D eigenvalue weighted by molar-refractivity contribution is 6.38. The molecule has 1 atom stereocenters. The van der Waals surface area contributed by atoms with Crippen LogP contribution in [-0.2, 0) is 4.79 Å². The first kappa shape index (κ1) is 25.8. The number of aliphatic hydroxyl groups is 1. The molecule has 6 nitrogen and oxygen atoms in total. The van der Waals surface area contributed by atoms with Crippen LogP contribution >= 0.6 is 34.8 Å². The lowest BCUT2D eigenvalue weighted by Crippen LogP contribution is -3.00. The lowest BCUT2D eigenvalue weighted by atomic mass is 10.3. The van der Waals surface area contributed by atoms with E-state index >= 15 is 0 Å². The number of nitrogens with two attached hydrogens (primary N) is 1. The van der Waals surface area contributed by atoms with Crippen LogP contribution in [0.3, 0.4) is 0 Å². The van der Waals surface area contributed by atoms with Crippen molar-refractivity contribution in [1.29, 1.82) is 0 Å². The first-order valence-corrected chi connectivity index (χ1v) is 9.86. The molecule has 0 radical (unpaired) electrons. The van der Waals surface area contributed by atoms with Crippen LogP contribution in [0.4, 0.5) is 11.4 Å². The number of benzene rings is 2. The summed E-state index contributed by atoms with van der Waals surface area (Å²) in [5, 5.41) is 19.4. The molecule has 2 rings (SSSR count). The molecule has 0 bridgehead atoms. The van der Waals surface area contributed by atoms with Gasteiger partial charge in [-0.25, -0.2) is 0 Å². The quantitative estimate of drug-likeness (QED) is 0.280. The summed E-state index contributed by atoms with van der Waals surface area (Å²) in [7, 11) is 0. The molecule has 10 heteroatoms. The third-order valence-electron chi connectivity index (χ3n) is 3.74. The fourth-order valence-electron chi connectivity index (χ4n) is 2.42. The zero-order valence-corrected chi connectivity index (χ0v) is 18.7. The first-order chi connectivity index (χ1) is 13.4. The number of carbonyl (C=O) groups excluding carboxylic acids is 1. The first-order valence-electron chi connectivity index (χ1n) is 8.72. The predicted octanol–water partition coefficient (Wildman–Crippen LogP) is -0.166. The maximum Gasteiger partial charge on any atom is 0.221 e. The Kier molecular flexibility index (Phi) is 11.7. The van der Waals surface area contributed by atoms with Gasteiger partial charge in [-0.2, -0.15) is 0 Å². The molecule has 0 spiro atoms. The Bertz CT molecular complexity index is 788.